The maximum atomic E-state index is 14.2. The summed E-state index contributed by atoms with van der Waals surface area (Å²) in [7, 11) is 3.11. The van der Waals surface area contributed by atoms with Crippen LogP contribution >= 0.6 is 21.6 Å². The maximum Gasteiger partial charge on any atom is 0.340 e. The zero-order valence-electron chi connectivity index (χ0n) is 27.2. The summed E-state index contributed by atoms with van der Waals surface area (Å²) in [5.41, 5.74) is 5.11. The molecule has 0 aromatic carbocycles. The average Bonchev–Trinajstić information content (AvgIpc) is 3.77. The Balaban J connectivity index is 1.21. The van der Waals surface area contributed by atoms with Gasteiger partial charge in [-0.15, -0.1) is 0 Å². The minimum atomic E-state index is -0.683. The lowest BCUT2D eigenvalue weighted by atomic mass is 9.44. The first-order valence-electron chi connectivity index (χ1n) is 17.8. The number of rotatable bonds is 2. The first-order valence-corrected chi connectivity index (χ1v) is 20.1. The van der Waals surface area contributed by atoms with Gasteiger partial charge in [0.25, 0.3) is 0 Å². The van der Waals surface area contributed by atoms with Crippen LogP contribution < -0.4 is 10.6 Å². The summed E-state index contributed by atoms with van der Waals surface area (Å²) in [6, 6.07) is 0. The second kappa shape index (κ2) is 11.2. The lowest BCUT2D eigenvalue weighted by Crippen LogP contribution is -2.52. The largest absolute Gasteiger partial charge is 0.427 e. The SMILES string of the molecule is CCC1(C=C2OC(=O)C3=C2CCC2C4CCC5(C6=CCC(C)C(O)SSC7C=CC8=C(NCC=C8CC4=C5C(=O)O6)N7)C32)CCCC1. The van der Waals surface area contributed by atoms with E-state index in [4.69, 9.17) is 9.47 Å². The molecule has 0 aromatic rings. The lowest BCUT2D eigenvalue weighted by Gasteiger charge is -2.56. The molecule has 248 valence electrons. The number of dihydropyridines is 2. The van der Waals surface area contributed by atoms with Crippen LogP contribution in [0.25, 0.3) is 0 Å². The third kappa shape index (κ3) is 4.51. The first kappa shape index (κ1) is 30.4. The molecular weight excluding hydrogens is 629 g/mol. The van der Waals surface area contributed by atoms with E-state index in [2.05, 4.69) is 54.9 Å². The van der Waals surface area contributed by atoms with Crippen molar-refractivity contribution < 1.29 is 24.2 Å². The number of allylic oxidation sites excluding steroid dienone is 8. The molecule has 0 amide bonds. The Labute approximate surface area is 284 Å². The van der Waals surface area contributed by atoms with Crippen LogP contribution in [0.3, 0.4) is 0 Å². The first-order chi connectivity index (χ1) is 22.8. The zero-order valence-corrected chi connectivity index (χ0v) is 28.9. The highest BCUT2D eigenvalue weighted by molar-refractivity contribution is 8.77. The number of ether oxygens (including phenoxy) is 2. The molecule has 6 heterocycles. The number of carbonyl (C=O) groups excluding carboxylic acids is 2. The van der Waals surface area contributed by atoms with Gasteiger partial charge >= 0.3 is 11.9 Å². The summed E-state index contributed by atoms with van der Waals surface area (Å²) in [4.78, 5) is 28.3. The number of aliphatic hydroxyl groups excluding tert-OH is 1. The molecule has 5 aliphatic carbocycles. The Hall–Kier alpha value is -2.62. The molecular formula is C38H44N2O5S2. The molecule has 7 nitrogen and oxygen atoms in total. The van der Waals surface area contributed by atoms with Crippen molar-refractivity contribution in [2.24, 2.45) is 34.5 Å². The van der Waals surface area contributed by atoms with E-state index in [1.807, 2.05) is 0 Å². The maximum absolute atomic E-state index is 14.2. The fourth-order valence-electron chi connectivity index (χ4n) is 10.6. The number of cyclic esters (lactones) is 1. The van der Waals surface area contributed by atoms with Gasteiger partial charge in [0.2, 0.25) is 0 Å². The standard InChI is InChI=1S/C38H44N2O5S2/c1-3-37(14-4-5-15-37)19-27-25-8-7-24-23-12-16-38(31(24)30(25)34(41)44-27)28-10-6-20(2)36(43)47-46-29-11-9-22-21(13-17-39-33(22)40-29)18-26(23)32(38)35(42)45-28/h9-11,13,19-20,23-24,29,31,36,39-40,43H,3-8,12,14-18H2,1-2H3. The number of hydrogen-bond acceptors (Lipinski definition) is 9. The molecule has 9 heteroatoms. The van der Waals surface area contributed by atoms with Crippen molar-refractivity contribution in [1.29, 1.82) is 0 Å². The quantitative estimate of drug-likeness (QED) is 0.208. The van der Waals surface area contributed by atoms with E-state index in [-0.39, 0.29) is 46.4 Å². The molecule has 0 radical (unpaired) electrons. The van der Waals surface area contributed by atoms with E-state index in [9.17, 15) is 14.7 Å². The van der Waals surface area contributed by atoms with Crippen LogP contribution in [0.5, 0.6) is 0 Å². The highest BCUT2D eigenvalue weighted by Gasteiger charge is 2.68. The van der Waals surface area contributed by atoms with Crippen LogP contribution in [0, 0.1) is 34.5 Å². The molecule has 11 aliphatic rings. The number of aliphatic hydroxyl groups is 1. The fourth-order valence-corrected chi connectivity index (χ4v) is 13.0. The van der Waals surface area contributed by atoms with Gasteiger partial charge in [-0.2, -0.15) is 0 Å². The molecule has 7 unspecified atom stereocenters. The molecule has 7 atom stereocenters. The average molecular weight is 673 g/mol. The monoisotopic (exact) mass is 672 g/mol. The Morgan fingerprint density at radius 3 is 2.77 bits per heavy atom. The highest BCUT2D eigenvalue weighted by atomic mass is 33.1. The van der Waals surface area contributed by atoms with Gasteiger partial charge in [0.05, 0.1) is 11.0 Å². The van der Waals surface area contributed by atoms with E-state index >= 15 is 0 Å². The highest BCUT2D eigenvalue weighted by Crippen LogP contribution is 2.71. The van der Waals surface area contributed by atoms with Crippen molar-refractivity contribution in [1.82, 2.24) is 10.6 Å². The molecule has 0 aromatic heterocycles. The molecule has 1 saturated heterocycles. The van der Waals surface area contributed by atoms with Crippen molar-refractivity contribution in [3.63, 3.8) is 0 Å². The second-order valence-electron chi connectivity index (χ2n) is 15.2. The minimum absolute atomic E-state index is 0.0484. The normalized spacial score (nSPS) is 39.3. The minimum Gasteiger partial charge on any atom is -0.427 e. The third-order valence-corrected chi connectivity index (χ3v) is 15.8. The predicted molar refractivity (Wildman–Crippen MR) is 184 cm³/mol. The van der Waals surface area contributed by atoms with Gasteiger partial charge in [0, 0.05) is 29.2 Å². The van der Waals surface area contributed by atoms with E-state index in [0.29, 0.717) is 18.6 Å². The van der Waals surface area contributed by atoms with Gasteiger partial charge in [0.15, 0.2) is 0 Å². The van der Waals surface area contributed by atoms with Crippen LogP contribution in [0.2, 0.25) is 0 Å². The Morgan fingerprint density at radius 2 is 1.94 bits per heavy atom. The van der Waals surface area contributed by atoms with Gasteiger partial charge in [-0.05, 0) is 98.7 Å². The van der Waals surface area contributed by atoms with Gasteiger partial charge < -0.3 is 25.2 Å². The van der Waals surface area contributed by atoms with Crippen molar-refractivity contribution in [3.05, 3.63) is 81.2 Å². The van der Waals surface area contributed by atoms with Crippen molar-refractivity contribution in [3.8, 4) is 0 Å². The molecule has 3 N–H and O–H groups in total. The molecule has 3 fully saturated rings. The molecule has 1 spiro atoms. The summed E-state index contributed by atoms with van der Waals surface area (Å²) in [6.07, 6.45) is 21.7. The number of esters is 2. The van der Waals surface area contributed by atoms with Crippen LogP contribution in [0.4, 0.5) is 0 Å². The summed E-state index contributed by atoms with van der Waals surface area (Å²) < 4.78 is 12.6. The van der Waals surface area contributed by atoms with Gasteiger partial charge in [-0.3, -0.25) is 0 Å². The Kier molecular flexibility index (Phi) is 7.26. The second-order valence-corrected chi connectivity index (χ2v) is 17.7. The zero-order chi connectivity index (χ0) is 32.1. The number of nitrogens with one attached hydrogen (secondary N) is 2. The topological polar surface area (TPSA) is 96.9 Å². The van der Waals surface area contributed by atoms with E-state index in [0.717, 1.165) is 85.4 Å². The van der Waals surface area contributed by atoms with E-state index in [1.54, 1.807) is 10.8 Å². The lowest BCUT2D eigenvalue weighted by molar-refractivity contribution is -0.135. The summed E-state index contributed by atoms with van der Waals surface area (Å²) in [5, 5.41) is 18.4. The van der Waals surface area contributed by atoms with Crippen molar-refractivity contribution >= 4 is 33.5 Å². The summed E-state index contributed by atoms with van der Waals surface area (Å²) >= 11 is 0. The smallest absolute Gasteiger partial charge is 0.340 e. The molecule has 9 bridgehead atoms. The van der Waals surface area contributed by atoms with Crippen LogP contribution in [-0.2, 0) is 19.1 Å². The number of carbonyl (C=O) groups is 2. The van der Waals surface area contributed by atoms with Crippen molar-refractivity contribution in [2.75, 3.05) is 6.54 Å². The molecule has 6 aliphatic heterocycles. The van der Waals surface area contributed by atoms with Crippen LogP contribution in [0.1, 0.15) is 84.5 Å². The number of fused-ring (bicyclic) bond motifs is 6. The third-order valence-electron chi connectivity index (χ3n) is 13.0. The molecule has 2 saturated carbocycles. The Morgan fingerprint density at radius 1 is 1.09 bits per heavy atom. The van der Waals surface area contributed by atoms with Crippen LogP contribution in [0.15, 0.2) is 81.2 Å². The van der Waals surface area contributed by atoms with Gasteiger partial charge in [0.1, 0.15) is 28.1 Å². The predicted octanol–water partition coefficient (Wildman–Crippen LogP) is 7.22. The van der Waals surface area contributed by atoms with E-state index < -0.39 is 10.9 Å². The Bertz CT molecular complexity index is 1680. The van der Waals surface area contributed by atoms with Gasteiger partial charge in [-0.25, -0.2) is 9.59 Å². The van der Waals surface area contributed by atoms with Crippen LogP contribution in [-0.4, -0.2) is 34.4 Å². The van der Waals surface area contributed by atoms with E-state index in [1.165, 1.54) is 34.8 Å². The summed E-state index contributed by atoms with van der Waals surface area (Å²) in [6.45, 7) is 5.03. The number of hydrogen-bond donors (Lipinski definition) is 3. The van der Waals surface area contributed by atoms with Gasteiger partial charge in [-0.1, -0.05) is 72.1 Å². The fraction of sp³-hybridized carbons (Fsp3) is 0.579. The molecule has 47 heavy (non-hydrogen) atoms. The molecule has 11 rings (SSSR count). The van der Waals surface area contributed by atoms with Crippen molar-refractivity contribution in [2.45, 2.75) is 95.3 Å². The summed E-state index contributed by atoms with van der Waals surface area (Å²) in [5.74, 6) is 2.31.